The molecule has 0 bridgehead atoms. The lowest BCUT2D eigenvalue weighted by atomic mass is 9.92. The Morgan fingerprint density at radius 2 is 2.25 bits per heavy atom. The third kappa shape index (κ3) is 2.82. The van der Waals surface area contributed by atoms with Gasteiger partial charge in [0.2, 0.25) is 0 Å². The van der Waals surface area contributed by atoms with Gasteiger partial charge in [-0.3, -0.25) is 9.89 Å². The van der Waals surface area contributed by atoms with E-state index in [-0.39, 0.29) is 5.91 Å². The molecule has 0 radical (unpaired) electrons. The first-order chi connectivity index (χ1) is 11.7. The van der Waals surface area contributed by atoms with E-state index in [0.717, 1.165) is 43.3 Å². The van der Waals surface area contributed by atoms with Gasteiger partial charge in [-0.05, 0) is 49.8 Å². The van der Waals surface area contributed by atoms with Gasteiger partial charge in [0.15, 0.2) is 0 Å². The lowest BCUT2D eigenvalue weighted by molar-refractivity contribution is 0.0668. The maximum Gasteiger partial charge on any atom is 0.270 e. The van der Waals surface area contributed by atoms with Gasteiger partial charge in [0.05, 0.1) is 6.20 Å². The standard InChI is InChI=1S/C19H22N4O/c1-13-11-20-22-17(13)9-14-5-4-8-23(12-14)19(24)18-10-15-6-2-3-7-16(15)21-18/h2-3,6-7,10-11,14,21H,4-5,8-9,12H2,1H3,(H,20,22)/t14-/m0/s1. The third-order valence-electron chi connectivity index (χ3n) is 4.99. The molecule has 0 saturated carbocycles. The Bertz CT molecular complexity index is 830. The van der Waals surface area contributed by atoms with Crippen LogP contribution in [0.1, 0.15) is 34.6 Å². The number of amides is 1. The molecule has 0 aliphatic carbocycles. The van der Waals surface area contributed by atoms with E-state index in [1.54, 1.807) is 0 Å². The summed E-state index contributed by atoms with van der Waals surface area (Å²) in [6.45, 7) is 3.73. The van der Waals surface area contributed by atoms with Gasteiger partial charge in [-0.25, -0.2) is 0 Å². The molecule has 0 spiro atoms. The predicted octanol–water partition coefficient (Wildman–Crippen LogP) is 3.29. The molecule has 1 aromatic carbocycles. The highest BCUT2D eigenvalue weighted by molar-refractivity contribution is 5.98. The van der Waals surface area contributed by atoms with E-state index in [0.29, 0.717) is 11.6 Å². The maximum atomic E-state index is 12.9. The Kier molecular flexibility index (Phi) is 3.84. The van der Waals surface area contributed by atoms with Crippen molar-refractivity contribution in [1.29, 1.82) is 0 Å². The van der Waals surface area contributed by atoms with Crippen LogP contribution in [-0.2, 0) is 6.42 Å². The van der Waals surface area contributed by atoms with Gasteiger partial charge in [0.25, 0.3) is 5.91 Å². The van der Waals surface area contributed by atoms with Gasteiger partial charge in [-0.15, -0.1) is 0 Å². The number of benzene rings is 1. The molecule has 124 valence electrons. The SMILES string of the molecule is Cc1cn[nH]c1C[C@@H]1CCCN(C(=O)c2cc3ccccc3[nH]2)C1. The topological polar surface area (TPSA) is 64.8 Å². The number of carbonyl (C=O) groups excluding carboxylic acids is 1. The molecule has 1 atom stereocenters. The highest BCUT2D eigenvalue weighted by atomic mass is 16.2. The molecule has 2 N–H and O–H groups in total. The van der Waals surface area contributed by atoms with Crippen molar-refractivity contribution in [3.8, 4) is 0 Å². The second-order valence-electron chi connectivity index (χ2n) is 6.77. The third-order valence-corrected chi connectivity index (χ3v) is 4.99. The summed E-state index contributed by atoms with van der Waals surface area (Å²) >= 11 is 0. The number of carbonyl (C=O) groups is 1. The molecule has 1 aliphatic rings. The average molecular weight is 322 g/mol. The molecule has 1 amide bonds. The number of aryl methyl sites for hydroxylation is 1. The first kappa shape index (κ1) is 15.0. The molecule has 5 heteroatoms. The zero-order chi connectivity index (χ0) is 16.5. The summed E-state index contributed by atoms with van der Waals surface area (Å²) in [6.07, 6.45) is 5.05. The molecule has 1 fully saturated rings. The minimum absolute atomic E-state index is 0.109. The van der Waals surface area contributed by atoms with Crippen LogP contribution in [0.4, 0.5) is 0 Å². The molecular formula is C19H22N4O. The van der Waals surface area contributed by atoms with Crippen molar-refractivity contribution in [2.24, 2.45) is 5.92 Å². The normalized spacial score (nSPS) is 18.2. The molecule has 5 nitrogen and oxygen atoms in total. The fourth-order valence-electron chi connectivity index (χ4n) is 3.64. The molecular weight excluding hydrogens is 300 g/mol. The van der Waals surface area contributed by atoms with Gasteiger partial charge in [0.1, 0.15) is 5.69 Å². The quantitative estimate of drug-likeness (QED) is 0.777. The van der Waals surface area contributed by atoms with Crippen molar-refractivity contribution in [2.45, 2.75) is 26.2 Å². The van der Waals surface area contributed by atoms with Crippen molar-refractivity contribution in [3.05, 3.63) is 53.5 Å². The van der Waals surface area contributed by atoms with Crippen molar-refractivity contribution < 1.29 is 4.79 Å². The summed E-state index contributed by atoms with van der Waals surface area (Å²) in [4.78, 5) is 18.1. The highest BCUT2D eigenvalue weighted by Crippen LogP contribution is 2.23. The van der Waals surface area contributed by atoms with Crippen LogP contribution in [0.2, 0.25) is 0 Å². The fourth-order valence-corrected chi connectivity index (χ4v) is 3.64. The van der Waals surface area contributed by atoms with Crippen LogP contribution >= 0.6 is 0 Å². The number of nitrogens with one attached hydrogen (secondary N) is 2. The Balaban J connectivity index is 1.49. The zero-order valence-electron chi connectivity index (χ0n) is 13.9. The molecule has 0 unspecified atom stereocenters. The summed E-state index contributed by atoms with van der Waals surface area (Å²) in [6, 6.07) is 9.97. The van der Waals surface area contributed by atoms with Crippen LogP contribution in [0.25, 0.3) is 10.9 Å². The Morgan fingerprint density at radius 1 is 1.38 bits per heavy atom. The van der Waals surface area contributed by atoms with Gasteiger partial charge < -0.3 is 9.88 Å². The Hall–Kier alpha value is -2.56. The minimum atomic E-state index is 0.109. The van der Waals surface area contributed by atoms with Crippen molar-refractivity contribution in [3.63, 3.8) is 0 Å². The number of hydrogen-bond donors (Lipinski definition) is 2. The first-order valence-corrected chi connectivity index (χ1v) is 8.56. The number of nitrogens with zero attached hydrogens (tertiary/aromatic N) is 2. The number of aromatic nitrogens is 3. The summed E-state index contributed by atoms with van der Waals surface area (Å²) in [5, 5.41) is 8.27. The van der Waals surface area contributed by atoms with Gasteiger partial charge in [-0.1, -0.05) is 18.2 Å². The minimum Gasteiger partial charge on any atom is -0.351 e. The van der Waals surface area contributed by atoms with Crippen LogP contribution in [0, 0.1) is 12.8 Å². The number of para-hydroxylation sites is 1. The number of fused-ring (bicyclic) bond motifs is 1. The van der Waals surface area contributed by atoms with E-state index >= 15 is 0 Å². The van der Waals surface area contributed by atoms with E-state index in [2.05, 4.69) is 22.1 Å². The highest BCUT2D eigenvalue weighted by Gasteiger charge is 2.26. The summed E-state index contributed by atoms with van der Waals surface area (Å²) in [7, 11) is 0. The molecule has 1 saturated heterocycles. The Morgan fingerprint density at radius 3 is 3.04 bits per heavy atom. The number of hydrogen-bond acceptors (Lipinski definition) is 2. The van der Waals surface area contributed by atoms with E-state index in [1.165, 1.54) is 11.3 Å². The second kappa shape index (κ2) is 6.15. The molecule has 24 heavy (non-hydrogen) atoms. The van der Waals surface area contributed by atoms with Gasteiger partial charge in [-0.2, -0.15) is 5.10 Å². The van der Waals surface area contributed by atoms with Crippen LogP contribution < -0.4 is 0 Å². The average Bonchev–Trinajstić information content (AvgIpc) is 3.21. The van der Waals surface area contributed by atoms with Crippen LogP contribution in [-0.4, -0.2) is 39.1 Å². The van der Waals surface area contributed by atoms with Crippen LogP contribution in [0.3, 0.4) is 0 Å². The lowest BCUT2D eigenvalue weighted by Crippen LogP contribution is -2.40. The van der Waals surface area contributed by atoms with Gasteiger partial charge >= 0.3 is 0 Å². The van der Waals surface area contributed by atoms with E-state index in [9.17, 15) is 4.79 Å². The number of likely N-dealkylation sites (tertiary alicyclic amines) is 1. The van der Waals surface area contributed by atoms with E-state index in [4.69, 9.17) is 0 Å². The predicted molar refractivity (Wildman–Crippen MR) is 94.0 cm³/mol. The number of piperidine rings is 1. The Labute approximate surface area is 141 Å². The lowest BCUT2D eigenvalue weighted by Gasteiger charge is -2.32. The van der Waals surface area contributed by atoms with Crippen LogP contribution in [0.15, 0.2) is 36.5 Å². The first-order valence-electron chi connectivity index (χ1n) is 8.56. The largest absolute Gasteiger partial charge is 0.351 e. The van der Waals surface area contributed by atoms with Gasteiger partial charge in [0, 0.05) is 29.7 Å². The fraction of sp³-hybridized carbons (Fsp3) is 0.368. The smallest absolute Gasteiger partial charge is 0.270 e. The second-order valence-corrected chi connectivity index (χ2v) is 6.77. The molecule has 3 aromatic rings. The van der Waals surface area contributed by atoms with E-state index in [1.807, 2.05) is 41.4 Å². The number of H-pyrrole nitrogens is 2. The number of aromatic amines is 2. The molecule has 4 rings (SSSR count). The maximum absolute atomic E-state index is 12.9. The summed E-state index contributed by atoms with van der Waals surface area (Å²) in [5.41, 5.74) is 4.10. The molecule has 3 heterocycles. The summed E-state index contributed by atoms with van der Waals surface area (Å²) in [5.74, 6) is 0.600. The summed E-state index contributed by atoms with van der Waals surface area (Å²) < 4.78 is 0. The van der Waals surface area contributed by atoms with E-state index < -0.39 is 0 Å². The van der Waals surface area contributed by atoms with Crippen molar-refractivity contribution in [1.82, 2.24) is 20.1 Å². The number of rotatable bonds is 3. The molecule has 1 aliphatic heterocycles. The zero-order valence-corrected chi connectivity index (χ0v) is 13.9. The molecule has 2 aromatic heterocycles. The van der Waals surface area contributed by atoms with Crippen LogP contribution in [0.5, 0.6) is 0 Å². The van der Waals surface area contributed by atoms with Crippen molar-refractivity contribution >= 4 is 16.8 Å². The monoisotopic (exact) mass is 322 g/mol. The van der Waals surface area contributed by atoms with Crippen molar-refractivity contribution in [2.75, 3.05) is 13.1 Å².